The molecule has 1 aliphatic rings. The summed E-state index contributed by atoms with van der Waals surface area (Å²) in [5, 5.41) is 26.9. The molecule has 0 spiro atoms. The van der Waals surface area contributed by atoms with Gasteiger partial charge in [-0.05, 0) is 23.3 Å². The van der Waals surface area contributed by atoms with Crippen LogP contribution in [0.4, 0.5) is 5.69 Å². The second-order valence-electron chi connectivity index (χ2n) is 8.95. The van der Waals surface area contributed by atoms with E-state index in [2.05, 4.69) is 44.1 Å². The van der Waals surface area contributed by atoms with Gasteiger partial charge in [0.2, 0.25) is 16.7 Å². The van der Waals surface area contributed by atoms with Crippen molar-refractivity contribution in [2.24, 2.45) is 0 Å². The van der Waals surface area contributed by atoms with Crippen LogP contribution >= 0.6 is 11.3 Å². The van der Waals surface area contributed by atoms with Crippen LogP contribution in [-0.4, -0.2) is 60.6 Å². The highest BCUT2D eigenvalue weighted by Crippen LogP contribution is 2.41. The number of rotatable bonds is 7. The molecule has 6 rings (SSSR count). The van der Waals surface area contributed by atoms with Gasteiger partial charge in [0, 0.05) is 44.9 Å². The number of hydrogen-bond acceptors (Lipinski definition) is 9. The molecule has 11 heteroatoms. The molecule has 1 unspecified atom stereocenters. The van der Waals surface area contributed by atoms with Gasteiger partial charge in [-0.15, -0.1) is 5.10 Å². The first kappa shape index (κ1) is 23.3. The fourth-order valence-corrected chi connectivity index (χ4v) is 5.88. The fraction of sp³-hybridized carbons (Fsp3) is 0.231. The number of piperazine rings is 1. The topological polar surface area (TPSA) is 113 Å². The van der Waals surface area contributed by atoms with Gasteiger partial charge in [0.1, 0.15) is 0 Å². The molecular formula is C26H24N6O4S. The Morgan fingerprint density at radius 2 is 1.78 bits per heavy atom. The van der Waals surface area contributed by atoms with Crippen molar-refractivity contribution in [1.82, 2.24) is 24.4 Å². The highest BCUT2D eigenvalue weighted by Gasteiger charge is 2.32. The van der Waals surface area contributed by atoms with Gasteiger partial charge in [-0.3, -0.25) is 19.9 Å². The first-order valence-electron chi connectivity index (χ1n) is 11.9. The van der Waals surface area contributed by atoms with Crippen molar-refractivity contribution in [2.75, 3.05) is 26.2 Å². The van der Waals surface area contributed by atoms with E-state index >= 15 is 0 Å². The normalized spacial score (nSPS) is 15.8. The van der Waals surface area contributed by atoms with E-state index in [1.54, 1.807) is 30.5 Å². The number of benzene rings is 2. The Balaban J connectivity index is 1.31. The quantitative estimate of drug-likeness (QED) is 0.247. The fourth-order valence-electron chi connectivity index (χ4n) is 4.77. The number of nitro benzene ring substituents is 1. The van der Waals surface area contributed by atoms with Crippen LogP contribution in [0.5, 0.6) is 5.88 Å². The van der Waals surface area contributed by atoms with E-state index in [0.29, 0.717) is 21.4 Å². The third kappa shape index (κ3) is 4.59. The second-order valence-corrected chi connectivity index (χ2v) is 9.96. The largest absolute Gasteiger partial charge is 0.492 e. The van der Waals surface area contributed by atoms with Crippen LogP contribution in [0.2, 0.25) is 0 Å². The lowest BCUT2D eigenvalue weighted by Crippen LogP contribution is -2.47. The van der Waals surface area contributed by atoms with Crippen LogP contribution in [0.25, 0.3) is 16.5 Å². The molecule has 4 heterocycles. The predicted molar refractivity (Wildman–Crippen MR) is 138 cm³/mol. The maximum Gasteiger partial charge on any atom is 0.269 e. The number of hydrogen-bond donors (Lipinski definition) is 1. The second kappa shape index (κ2) is 9.77. The first-order valence-corrected chi connectivity index (χ1v) is 12.8. The van der Waals surface area contributed by atoms with E-state index < -0.39 is 4.92 Å². The Morgan fingerprint density at radius 3 is 2.43 bits per heavy atom. The minimum atomic E-state index is -0.405. The lowest BCUT2D eigenvalue weighted by atomic mass is 10.0. The molecule has 0 amide bonds. The lowest BCUT2D eigenvalue weighted by molar-refractivity contribution is -0.384. The van der Waals surface area contributed by atoms with Gasteiger partial charge in [-0.25, -0.2) is 0 Å². The summed E-state index contributed by atoms with van der Waals surface area (Å²) in [7, 11) is 0. The maximum atomic E-state index is 11.2. The van der Waals surface area contributed by atoms with Crippen LogP contribution in [0.1, 0.15) is 22.0 Å². The Morgan fingerprint density at radius 1 is 1.03 bits per heavy atom. The number of nitrogens with zero attached hydrogens (tertiary/aromatic N) is 6. The van der Waals surface area contributed by atoms with Crippen LogP contribution in [-0.2, 0) is 6.54 Å². The minimum absolute atomic E-state index is 0.0142. The molecule has 0 aliphatic carbocycles. The third-order valence-corrected chi connectivity index (χ3v) is 7.70. The standard InChI is InChI=1S/C26H24N6O4S/c33-25-23(37-26-27-24(28-31(25)26)21-7-4-16-36-21)22(19-8-10-20(11-9-19)32(34)35)30-14-12-29(13-15-30)17-18-5-2-1-3-6-18/h1-11,16,22,33H,12-15,17H2. The Hall–Kier alpha value is -4.06. The molecule has 1 atom stereocenters. The van der Waals surface area contributed by atoms with Gasteiger partial charge in [-0.2, -0.15) is 9.50 Å². The summed E-state index contributed by atoms with van der Waals surface area (Å²) in [6.45, 7) is 4.16. The van der Waals surface area contributed by atoms with Crippen molar-refractivity contribution >= 4 is 22.0 Å². The van der Waals surface area contributed by atoms with E-state index in [1.165, 1.54) is 33.5 Å². The molecule has 0 bridgehead atoms. The van der Waals surface area contributed by atoms with Gasteiger partial charge in [0.25, 0.3) is 5.69 Å². The highest BCUT2D eigenvalue weighted by atomic mass is 32.1. The maximum absolute atomic E-state index is 11.2. The molecular weight excluding hydrogens is 492 g/mol. The average Bonchev–Trinajstić information content (AvgIpc) is 3.65. The van der Waals surface area contributed by atoms with Crippen molar-refractivity contribution in [3.05, 3.63) is 99.1 Å². The van der Waals surface area contributed by atoms with Crippen molar-refractivity contribution < 1.29 is 14.4 Å². The van der Waals surface area contributed by atoms with Gasteiger partial charge in [0.15, 0.2) is 5.76 Å². The molecule has 10 nitrogen and oxygen atoms in total. The highest BCUT2D eigenvalue weighted by molar-refractivity contribution is 7.17. The van der Waals surface area contributed by atoms with Gasteiger partial charge in [-0.1, -0.05) is 53.8 Å². The number of non-ortho nitro benzene ring substituents is 1. The predicted octanol–water partition coefficient (Wildman–Crippen LogP) is 4.57. The summed E-state index contributed by atoms with van der Waals surface area (Å²) in [6.07, 6.45) is 1.55. The Labute approximate surface area is 216 Å². The summed E-state index contributed by atoms with van der Waals surface area (Å²) in [4.78, 5) is 21.4. The molecule has 2 aromatic carbocycles. The van der Waals surface area contributed by atoms with Gasteiger partial charge < -0.3 is 9.52 Å². The van der Waals surface area contributed by atoms with E-state index in [-0.39, 0.29) is 17.6 Å². The number of nitro groups is 1. The summed E-state index contributed by atoms with van der Waals surface area (Å²) in [5.41, 5.74) is 2.18. The van der Waals surface area contributed by atoms with E-state index in [0.717, 1.165) is 38.3 Å². The zero-order valence-electron chi connectivity index (χ0n) is 19.8. The van der Waals surface area contributed by atoms with Gasteiger partial charge >= 0.3 is 0 Å². The molecule has 37 heavy (non-hydrogen) atoms. The average molecular weight is 517 g/mol. The molecule has 3 aromatic heterocycles. The third-order valence-electron chi connectivity index (χ3n) is 6.63. The number of aromatic hydroxyl groups is 1. The summed E-state index contributed by atoms with van der Waals surface area (Å²) < 4.78 is 6.83. The van der Waals surface area contributed by atoms with Crippen molar-refractivity contribution in [2.45, 2.75) is 12.6 Å². The zero-order chi connectivity index (χ0) is 25.4. The molecule has 5 aromatic rings. The van der Waals surface area contributed by atoms with Crippen molar-refractivity contribution in [1.29, 1.82) is 0 Å². The SMILES string of the molecule is O=[N+]([O-])c1ccc(C(c2sc3nc(-c4ccco4)nn3c2O)N2CCN(Cc3ccccc3)CC2)cc1. The molecule has 0 radical (unpaired) electrons. The van der Waals surface area contributed by atoms with Crippen LogP contribution in [0.3, 0.4) is 0 Å². The Bertz CT molecular complexity index is 1510. The summed E-state index contributed by atoms with van der Waals surface area (Å²) >= 11 is 1.36. The molecule has 1 aliphatic heterocycles. The number of furan rings is 1. The monoisotopic (exact) mass is 516 g/mol. The smallest absolute Gasteiger partial charge is 0.269 e. The molecule has 1 N–H and O–H groups in total. The van der Waals surface area contributed by atoms with Gasteiger partial charge in [0.05, 0.1) is 22.1 Å². The lowest BCUT2D eigenvalue weighted by Gasteiger charge is -2.39. The number of fused-ring (bicyclic) bond motifs is 1. The van der Waals surface area contributed by atoms with Crippen molar-refractivity contribution in [3.63, 3.8) is 0 Å². The molecule has 1 saturated heterocycles. The molecule has 0 saturated carbocycles. The van der Waals surface area contributed by atoms with Crippen LogP contribution in [0.15, 0.2) is 77.4 Å². The summed E-state index contributed by atoms with van der Waals surface area (Å²) in [6, 6.07) is 20.2. The minimum Gasteiger partial charge on any atom is -0.492 e. The van der Waals surface area contributed by atoms with Crippen molar-refractivity contribution in [3.8, 4) is 17.5 Å². The van der Waals surface area contributed by atoms with Crippen LogP contribution < -0.4 is 0 Å². The Kier molecular flexibility index (Phi) is 6.16. The first-order chi connectivity index (χ1) is 18.1. The van der Waals surface area contributed by atoms with E-state index in [1.807, 2.05) is 6.07 Å². The van der Waals surface area contributed by atoms with E-state index in [4.69, 9.17) is 4.42 Å². The molecule has 1 fully saturated rings. The number of thiazole rings is 1. The molecule has 188 valence electrons. The van der Waals surface area contributed by atoms with E-state index in [9.17, 15) is 15.2 Å². The van der Waals surface area contributed by atoms with Crippen LogP contribution in [0, 0.1) is 10.1 Å². The number of aromatic nitrogens is 3. The summed E-state index contributed by atoms with van der Waals surface area (Å²) in [5.74, 6) is 0.943. The zero-order valence-corrected chi connectivity index (χ0v) is 20.6.